The molecule has 0 saturated carbocycles. The fourth-order valence-corrected chi connectivity index (χ4v) is 2.26. The lowest BCUT2D eigenvalue weighted by Gasteiger charge is -2.07. The van der Waals surface area contributed by atoms with E-state index < -0.39 is 5.56 Å². The van der Waals surface area contributed by atoms with E-state index in [0.29, 0.717) is 17.6 Å². The molecule has 0 atom stereocenters. The molecular formula is C15H17BrN2O3. The molecule has 0 aliphatic heterocycles. The van der Waals surface area contributed by atoms with Crippen LogP contribution in [0.3, 0.4) is 0 Å². The molecule has 0 radical (unpaired) electrons. The molecule has 1 heterocycles. The Bertz CT molecular complexity index is 679. The van der Waals surface area contributed by atoms with Crippen molar-refractivity contribution in [2.24, 2.45) is 0 Å². The summed E-state index contributed by atoms with van der Waals surface area (Å²) in [4.78, 5) is 25.0. The molecule has 6 heteroatoms. The molecule has 1 aromatic carbocycles. The molecule has 0 fully saturated rings. The molecular weight excluding hydrogens is 336 g/mol. The molecule has 1 aromatic heterocycles. The first kappa shape index (κ1) is 15.6. The van der Waals surface area contributed by atoms with Gasteiger partial charge in [-0.25, -0.2) is 4.79 Å². The Morgan fingerprint density at radius 3 is 2.62 bits per heavy atom. The Morgan fingerprint density at radius 1 is 1.10 bits per heavy atom. The fraction of sp³-hybridized carbons (Fsp3) is 0.333. The third-order valence-corrected chi connectivity index (χ3v) is 3.59. The second kappa shape index (κ2) is 7.83. The van der Waals surface area contributed by atoms with E-state index in [4.69, 9.17) is 4.74 Å². The summed E-state index contributed by atoms with van der Waals surface area (Å²) in [6, 6.07) is 9.69. The van der Waals surface area contributed by atoms with E-state index in [9.17, 15) is 9.59 Å². The Morgan fingerprint density at radius 2 is 1.86 bits per heavy atom. The van der Waals surface area contributed by atoms with Gasteiger partial charge in [0, 0.05) is 12.7 Å². The van der Waals surface area contributed by atoms with Crippen LogP contribution in [0.15, 0.2) is 50.6 Å². The average molecular weight is 353 g/mol. The van der Waals surface area contributed by atoms with E-state index in [2.05, 4.69) is 20.9 Å². The highest BCUT2D eigenvalue weighted by Gasteiger charge is 2.01. The largest absolute Gasteiger partial charge is 0.494 e. The summed E-state index contributed by atoms with van der Waals surface area (Å²) in [6.45, 7) is 1.24. The monoisotopic (exact) mass is 352 g/mol. The highest BCUT2D eigenvalue weighted by atomic mass is 79.9. The van der Waals surface area contributed by atoms with Crippen molar-refractivity contribution in [3.63, 3.8) is 0 Å². The predicted octanol–water partition coefficient (Wildman–Crippen LogP) is 2.55. The Hall–Kier alpha value is -1.82. The van der Waals surface area contributed by atoms with Gasteiger partial charge >= 0.3 is 5.69 Å². The van der Waals surface area contributed by atoms with Crippen molar-refractivity contribution in [2.45, 2.75) is 25.8 Å². The molecule has 5 nitrogen and oxygen atoms in total. The van der Waals surface area contributed by atoms with Gasteiger partial charge in [-0.15, -0.1) is 0 Å². The van der Waals surface area contributed by atoms with Gasteiger partial charge in [0.2, 0.25) is 0 Å². The van der Waals surface area contributed by atoms with Crippen LogP contribution in [0.5, 0.6) is 5.75 Å². The molecule has 0 saturated heterocycles. The van der Waals surface area contributed by atoms with Gasteiger partial charge < -0.3 is 4.74 Å². The number of nitrogens with zero attached hydrogens (tertiary/aromatic N) is 1. The minimum atomic E-state index is -0.396. The van der Waals surface area contributed by atoms with Crippen LogP contribution in [-0.4, -0.2) is 16.2 Å². The van der Waals surface area contributed by atoms with Crippen molar-refractivity contribution in [2.75, 3.05) is 6.61 Å². The first-order valence-electron chi connectivity index (χ1n) is 6.84. The lowest BCUT2D eigenvalue weighted by Crippen LogP contribution is -2.29. The molecule has 0 aliphatic rings. The number of H-pyrrole nitrogens is 1. The van der Waals surface area contributed by atoms with Crippen LogP contribution in [0.4, 0.5) is 0 Å². The second-order valence-corrected chi connectivity index (χ2v) is 5.51. The third kappa shape index (κ3) is 4.90. The van der Waals surface area contributed by atoms with Crippen molar-refractivity contribution >= 4 is 15.9 Å². The number of aryl methyl sites for hydroxylation is 1. The minimum absolute atomic E-state index is 0.370. The summed E-state index contributed by atoms with van der Waals surface area (Å²) in [5.41, 5.74) is -0.767. The normalized spacial score (nSPS) is 10.5. The number of para-hydroxylation sites is 1. The van der Waals surface area contributed by atoms with Gasteiger partial charge in [0.15, 0.2) is 0 Å². The van der Waals surface area contributed by atoms with Gasteiger partial charge in [-0.2, -0.15) is 0 Å². The van der Waals surface area contributed by atoms with Gasteiger partial charge in [-0.05, 0) is 47.3 Å². The molecule has 0 spiro atoms. The number of hydrogen-bond donors (Lipinski definition) is 1. The molecule has 0 aliphatic carbocycles. The summed E-state index contributed by atoms with van der Waals surface area (Å²) in [5.74, 6) is 0.873. The number of aromatic nitrogens is 2. The number of nitrogens with one attached hydrogen (secondary N) is 1. The molecule has 0 bridgehead atoms. The Kier molecular flexibility index (Phi) is 5.80. The number of rotatable bonds is 7. The van der Waals surface area contributed by atoms with Crippen LogP contribution >= 0.6 is 15.9 Å². The first-order chi connectivity index (χ1) is 10.2. The highest BCUT2D eigenvalue weighted by Crippen LogP contribution is 2.09. The van der Waals surface area contributed by atoms with Crippen LogP contribution in [0.1, 0.15) is 19.3 Å². The maximum atomic E-state index is 11.6. The molecule has 0 unspecified atom stereocenters. The number of aromatic amines is 1. The maximum absolute atomic E-state index is 11.6. The predicted molar refractivity (Wildman–Crippen MR) is 84.8 cm³/mol. The first-order valence-corrected chi connectivity index (χ1v) is 7.63. The van der Waals surface area contributed by atoms with Gasteiger partial charge in [0.1, 0.15) is 5.75 Å². The van der Waals surface area contributed by atoms with Gasteiger partial charge in [0.25, 0.3) is 5.56 Å². The summed E-state index contributed by atoms with van der Waals surface area (Å²) in [5, 5.41) is 0. The quantitative estimate of drug-likeness (QED) is 0.778. The lowest BCUT2D eigenvalue weighted by molar-refractivity contribution is 0.303. The van der Waals surface area contributed by atoms with Gasteiger partial charge in [-0.3, -0.25) is 14.3 Å². The molecule has 21 heavy (non-hydrogen) atoms. The zero-order valence-electron chi connectivity index (χ0n) is 11.5. The summed E-state index contributed by atoms with van der Waals surface area (Å²) < 4.78 is 7.47. The fourth-order valence-electron chi connectivity index (χ4n) is 1.92. The average Bonchev–Trinajstić information content (AvgIpc) is 2.49. The zero-order chi connectivity index (χ0) is 15.1. The third-order valence-electron chi connectivity index (χ3n) is 3.02. The van der Waals surface area contributed by atoms with Crippen molar-refractivity contribution in [3.05, 3.63) is 61.8 Å². The van der Waals surface area contributed by atoms with E-state index in [-0.39, 0.29) is 5.69 Å². The smallest absolute Gasteiger partial charge is 0.328 e. The molecule has 1 N–H and O–H groups in total. The summed E-state index contributed by atoms with van der Waals surface area (Å²) in [7, 11) is 0. The van der Waals surface area contributed by atoms with Crippen LogP contribution in [0, 0.1) is 0 Å². The van der Waals surface area contributed by atoms with Gasteiger partial charge in [0.05, 0.1) is 11.1 Å². The topological polar surface area (TPSA) is 64.1 Å². The Balaban J connectivity index is 1.69. The number of unbranched alkanes of at least 4 members (excludes halogenated alkanes) is 2. The maximum Gasteiger partial charge on any atom is 0.328 e. The van der Waals surface area contributed by atoms with E-state index in [1.807, 2.05) is 30.3 Å². The standard InChI is InChI=1S/C15H17BrN2O3/c16-13-11-18(15(20)17-14(13)19)9-5-2-6-10-21-12-7-3-1-4-8-12/h1,3-4,7-8,11H,2,5-6,9-10H2,(H,17,19,20). The number of hydrogen-bond acceptors (Lipinski definition) is 3. The van der Waals surface area contributed by atoms with Crippen molar-refractivity contribution in [1.29, 1.82) is 0 Å². The van der Waals surface area contributed by atoms with E-state index in [0.717, 1.165) is 25.0 Å². The SMILES string of the molecule is O=c1[nH]c(=O)n(CCCCCOc2ccccc2)cc1Br. The molecule has 0 amide bonds. The van der Waals surface area contributed by atoms with Crippen LogP contribution in [0.25, 0.3) is 0 Å². The van der Waals surface area contributed by atoms with E-state index >= 15 is 0 Å². The van der Waals surface area contributed by atoms with Crippen LogP contribution < -0.4 is 16.0 Å². The molecule has 2 rings (SSSR count). The van der Waals surface area contributed by atoms with E-state index in [1.165, 1.54) is 10.8 Å². The van der Waals surface area contributed by atoms with Crippen LogP contribution in [0.2, 0.25) is 0 Å². The zero-order valence-corrected chi connectivity index (χ0v) is 13.1. The van der Waals surface area contributed by atoms with Crippen molar-refractivity contribution < 1.29 is 4.74 Å². The number of ether oxygens (including phenoxy) is 1. The summed E-state index contributed by atoms with van der Waals surface area (Å²) in [6.07, 6.45) is 4.27. The second-order valence-electron chi connectivity index (χ2n) is 4.65. The number of benzene rings is 1. The van der Waals surface area contributed by atoms with E-state index in [1.54, 1.807) is 0 Å². The van der Waals surface area contributed by atoms with Crippen LogP contribution in [-0.2, 0) is 6.54 Å². The minimum Gasteiger partial charge on any atom is -0.494 e. The van der Waals surface area contributed by atoms with Crippen molar-refractivity contribution in [3.8, 4) is 5.75 Å². The van der Waals surface area contributed by atoms with Gasteiger partial charge in [-0.1, -0.05) is 18.2 Å². The lowest BCUT2D eigenvalue weighted by atomic mass is 10.2. The van der Waals surface area contributed by atoms with Crippen molar-refractivity contribution in [1.82, 2.24) is 9.55 Å². The molecule has 2 aromatic rings. The highest BCUT2D eigenvalue weighted by molar-refractivity contribution is 9.10. The number of halogens is 1. The summed E-state index contributed by atoms with van der Waals surface area (Å²) >= 11 is 3.12. The Labute approximate surface area is 130 Å². The molecule has 112 valence electrons.